The van der Waals surface area contributed by atoms with Gasteiger partial charge in [0.05, 0.1) is 17.9 Å². The minimum Gasteiger partial charge on any atom is -0.357 e. The second-order valence-corrected chi connectivity index (χ2v) is 7.61. The molecule has 0 bridgehead atoms. The molecule has 0 saturated heterocycles. The van der Waals surface area contributed by atoms with Crippen molar-refractivity contribution in [2.45, 2.75) is 33.4 Å². The maximum absolute atomic E-state index is 4.69. The number of aromatic nitrogens is 3. The normalized spacial score (nSPS) is 11.6. The number of benzene rings is 1. The molecule has 2 heterocycles. The summed E-state index contributed by atoms with van der Waals surface area (Å²) >= 11 is 1.75. The minimum atomic E-state index is 0.650. The topological polar surface area (TPSA) is 67.1 Å². The highest BCUT2D eigenvalue weighted by molar-refractivity contribution is 7.11. The molecule has 0 saturated carbocycles. The number of hydrogen-bond donors (Lipinski definition) is 2. The van der Waals surface area contributed by atoms with Crippen molar-refractivity contribution < 1.29 is 0 Å². The number of nitrogens with zero attached hydrogens (tertiary/aromatic N) is 4. The summed E-state index contributed by atoms with van der Waals surface area (Å²) in [7, 11) is 0. The van der Waals surface area contributed by atoms with Crippen LogP contribution in [0.5, 0.6) is 0 Å². The largest absolute Gasteiger partial charge is 0.357 e. The lowest BCUT2D eigenvalue weighted by molar-refractivity contribution is 0.793. The van der Waals surface area contributed by atoms with E-state index in [-0.39, 0.29) is 0 Å². The van der Waals surface area contributed by atoms with Crippen LogP contribution in [0.1, 0.15) is 27.9 Å². The van der Waals surface area contributed by atoms with Gasteiger partial charge in [0.2, 0.25) is 0 Å². The maximum Gasteiger partial charge on any atom is 0.191 e. The van der Waals surface area contributed by atoms with Crippen LogP contribution in [0.15, 0.2) is 54.2 Å². The van der Waals surface area contributed by atoms with Gasteiger partial charge in [-0.15, -0.1) is 11.3 Å². The monoisotopic (exact) mass is 382 g/mol. The molecule has 1 aromatic carbocycles. The van der Waals surface area contributed by atoms with E-state index in [1.807, 2.05) is 18.7 Å². The molecule has 0 spiro atoms. The molecule has 0 atom stereocenters. The van der Waals surface area contributed by atoms with Gasteiger partial charge in [-0.2, -0.15) is 0 Å². The molecule has 2 N–H and O–H groups in total. The first kappa shape index (κ1) is 19.1. The van der Waals surface area contributed by atoms with E-state index < -0.39 is 0 Å². The first-order chi connectivity index (χ1) is 13.2. The van der Waals surface area contributed by atoms with Crippen LogP contribution in [0.3, 0.4) is 0 Å². The van der Waals surface area contributed by atoms with Gasteiger partial charge in [0.1, 0.15) is 0 Å². The molecule has 2 aromatic heterocycles. The average Bonchev–Trinajstić information content (AvgIpc) is 3.33. The lowest BCUT2D eigenvalue weighted by atomic mass is 10.1. The summed E-state index contributed by atoms with van der Waals surface area (Å²) in [5.41, 5.74) is 2.45. The molecule has 3 rings (SSSR count). The molecule has 0 unspecified atom stereocenters. The highest BCUT2D eigenvalue weighted by Crippen LogP contribution is 2.11. The third kappa shape index (κ3) is 6.21. The van der Waals surface area contributed by atoms with E-state index in [2.05, 4.69) is 68.3 Å². The van der Waals surface area contributed by atoms with E-state index in [4.69, 9.17) is 0 Å². The molecule has 27 heavy (non-hydrogen) atoms. The van der Waals surface area contributed by atoms with Gasteiger partial charge in [-0.05, 0) is 25.0 Å². The maximum atomic E-state index is 4.69. The zero-order valence-electron chi connectivity index (χ0n) is 15.9. The summed E-state index contributed by atoms with van der Waals surface area (Å²) in [6, 6.07) is 8.57. The third-order valence-electron chi connectivity index (χ3n) is 4.01. The molecule has 0 fully saturated rings. The number of aryl methyl sites for hydroxylation is 1. The Kier molecular flexibility index (Phi) is 6.98. The summed E-state index contributed by atoms with van der Waals surface area (Å²) < 4.78 is 2.06. The van der Waals surface area contributed by atoms with Crippen LogP contribution >= 0.6 is 11.3 Å². The standard InChI is InChI=1S/C20H26N6S/c1-3-22-20(23-9-8-19-24-12-16(2)27-19)25-13-17-4-6-18(7-5-17)14-26-11-10-21-15-26/h4-7,10-12,15H,3,8-9,13-14H2,1-2H3,(H2,22,23,25). The Hall–Kier alpha value is -2.67. The Morgan fingerprint density at radius 2 is 2.00 bits per heavy atom. The molecule has 3 aromatic rings. The van der Waals surface area contributed by atoms with Gasteiger partial charge in [-0.3, -0.25) is 0 Å². The Labute approximate surface area is 164 Å². The summed E-state index contributed by atoms with van der Waals surface area (Å²) in [4.78, 5) is 14.4. The molecule has 0 aliphatic heterocycles. The van der Waals surface area contributed by atoms with Crippen molar-refractivity contribution in [2.24, 2.45) is 4.99 Å². The first-order valence-corrected chi connectivity index (χ1v) is 10.0. The van der Waals surface area contributed by atoms with Crippen LogP contribution in [0.25, 0.3) is 0 Å². The highest BCUT2D eigenvalue weighted by Gasteiger charge is 2.01. The van der Waals surface area contributed by atoms with Crippen molar-refractivity contribution in [2.75, 3.05) is 13.1 Å². The van der Waals surface area contributed by atoms with E-state index in [0.717, 1.165) is 37.0 Å². The number of imidazole rings is 1. The molecule has 0 aliphatic carbocycles. The Balaban J connectivity index is 1.51. The van der Waals surface area contributed by atoms with E-state index in [1.165, 1.54) is 16.0 Å². The van der Waals surface area contributed by atoms with Crippen molar-refractivity contribution in [1.82, 2.24) is 25.2 Å². The van der Waals surface area contributed by atoms with Crippen molar-refractivity contribution in [3.8, 4) is 0 Å². The zero-order chi connectivity index (χ0) is 18.9. The third-order valence-corrected chi connectivity index (χ3v) is 4.98. The van der Waals surface area contributed by atoms with Gasteiger partial charge in [-0.1, -0.05) is 24.3 Å². The van der Waals surface area contributed by atoms with E-state index >= 15 is 0 Å². The second-order valence-electron chi connectivity index (χ2n) is 6.29. The molecule has 6 nitrogen and oxygen atoms in total. The molecular weight excluding hydrogens is 356 g/mol. The molecule has 0 aliphatic rings. The first-order valence-electron chi connectivity index (χ1n) is 9.20. The number of hydrogen-bond acceptors (Lipinski definition) is 4. The number of guanidine groups is 1. The van der Waals surface area contributed by atoms with Crippen molar-refractivity contribution in [3.63, 3.8) is 0 Å². The van der Waals surface area contributed by atoms with Gasteiger partial charge in [0.25, 0.3) is 0 Å². The van der Waals surface area contributed by atoms with Gasteiger partial charge < -0.3 is 15.2 Å². The SMILES string of the molecule is CCNC(=NCc1ccc(Cn2ccnc2)cc1)NCCc1ncc(C)s1. The average molecular weight is 383 g/mol. The molecule has 142 valence electrons. The van der Waals surface area contributed by atoms with Crippen LogP contribution in [0.4, 0.5) is 0 Å². The smallest absolute Gasteiger partial charge is 0.191 e. The Morgan fingerprint density at radius 1 is 1.19 bits per heavy atom. The number of thiazole rings is 1. The summed E-state index contributed by atoms with van der Waals surface area (Å²) in [5, 5.41) is 7.84. The van der Waals surface area contributed by atoms with Crippen LogP contribution in [-0.4, -0.2) is 33.6 Å². The fourth-order valence-corrected chi connectivity index (χ4v) is 3.44. The van der Waals surface area contributed by atoms with Crippen molar-refractivity contribution in [1.29, 1.82) is 0 Å². The number of rotatable bonds is 8. The molecule has 0 radical (unpaired) electrons. The minimum absolute atomic E-state index is 0.650. The summed E-state index contributed by atoms with van der Waals surface area (Å²) in [6.07, 6.45) is 8.44. The van der Waals surface area contributed by atoms with E-state index in [9.17, 15) is 0 Å². The fraction of sp³-hybridized carbons (Fsp3) is 0.350. The zero-order valence-corrected chi connectivity index (χ0v) is 16.7. The molecular formula is C20H26N6S. The molecule has 7 heteroatoms. The second kappa shape index (κ2) is 9.87. The lowest BCUT2D eigenvalue weighted by Gasteiger charge is -2.11. The van der Waals surface area contributed by atoms with Gasteiger partial charge in [0, 0.05) is 49.5 Å². The fourth-order valence-electron chi connectivity index (χ4n) is 2.66. The van der Waals surface area contributed by atoms with Crippen LogP contribution < -0.4 is 10.6 Å². The molecule has 0 amide bonds. The Morgan fingerprint density at radius 3 is 2.67 bits per heavy atom. The lowest BCUT2D eigenvalue weighted by Crippen LogP contribution is -2.38. The number of nitrogens with one attached hydrogen (secondary N) is 2. The van der Waals surface area contributed by atoms with Crippen LogP contribution in [-0.2, 0) is 19.5 Å². The van der Waals surface area contributed by atoms with Crippen LogP contribution in [0, 0.1) is 6.92 Å². The quantitative estimate of drug-likeness (QED) is 0.464. The number of aliphatic imine (C=N–C) groups is 1. The summed E-state index contributed by atoms with van der Waals surface area (Å²) in [6.45, 7) is 7.31. The van der Waals surface area contributed by atoms with Gasteiger partial charge >= 0.3 is 0 Å². The predicted octanol–water partition coefficient (Wildman–Crippen LogP) is 2.99. The van der Waals surface area contributed by atoms with E-state index in [1.54, 1.807) is 17.5 Å². The predicted molar refractivity (Wildman–Crippen MR) is 111 cm³/mol. The van der Waals surface area contributed by atoms with Crippen LogP contribution in [0.2, 0.25) is 0 Å². The summed E-state index contributed by atoms with van der Waals surface area (Å²) in [5.74, 6) is 0.841. The Bertz CT molecular complexity index is 836. The van der Waals surface area contributed by atoms with Gasteiger partial charge in [-0.25, -0.2) is 15.0 Å². The highest BCUT2D eigenvalue weighted by atomic mass is 32.1. The van der Waals surface area contributed by atoms with Crippen molar-refractivity contribution in [3.05, 3.63) is 70.2 Å². The van der Waals surface area contributed by atoms with Crippen molar-refractivity contribution >= 4 is 17.3 Å². The van der Waals surface area contributed by atoms with Gasteiger partial charge in [0.15, 0.2) is 5.96 Å². The van der Waals surface area contributed by atoms with E-state index in [0.29, 0.717) is 6.54 Å².